The Morgan fingerprint density at radius 1 is 1.67 bits per heavy atom. The smallest absolute Gasteiger partial charge is 0.0443 e. The summed E-state index contributed by atoms with van der Waals surface area (Å²) in [6, 6.07) is 0.699. The van der Waals surface area contributed by atoms with Gasteiger partial charge in [0.05, 0.1) is 0 Å². The minimum atomic E-state index is 0.585. The topological polar surface area (TPSA) is 3.24 Å². The van der Waals surface area contributed by atoms with Crippen LogP contribution in [0.4, 0.5) is 0 Å². The molecule has 1 atom stereocenters. The van der Waals surface area contributed by atoms with Crippen LogP contribution in [0.3, 0.4) is 0 Å². The zero-order valence-electron chi connectivity index (χ0n) is 8.02. The van der Waals surface area contributed by atoms with Crippen LogP contribution >= 0.6 is 11.6 Å². The van der Waals surface area contributed by atoms with E-state index in [4.69, 9.17) is 11.6 Å². The summed E-state index contributed by atoms with van der Waals surface area (Å²) >= 11 is 5.67. The SMILES string of the molecule is C=C(CCl)CN(C)C(C)C1CC1. The third kappa shape index (κ3) is 2.80. The molecule has 1 aliphatic carbocycles. The Bertz CT molecular complexity index is 163. The highest BCUT2D eigenvalue weighted by Crippen LogP contribution is 2.34. The van der Waals surface area contributed by atoms with E-state index in [0.717, 1.165) is 18.0 Å². The van der Waals surface area contributed by atoms with Crippen molar-refractivity contribution in [3.63, 3.8) is 0 Å². The van der Waals surface area contributed by atoms with Crippen molar-refractivity contribution in [1.29, 1.82) is 0 Å². The lowest BCUT2D eigenvalue weighted by atomic mass is 10.2. The lowest BCUT2D eigenvalue weighted by Gasteiger charge is -2.24. The first-order valence-electron chi connectivity index (χ1n) is 4.58. The number of likely N-dealkylation sites (N-methyl/N-ethyl adjacent to an activating group) is 1. The fourth-order valence-electron chi connectivity index (χ4n) is 1.48. The Morgan fingerprint density at radius 3 is 2.67 bits per heavy atom. The highest BCUT2D eigenvalue weighted by molar-refractivity contribution is 6.19. The molecule has 2 heteroatoms. The van der Waals surface area contributed by atoms with Gasteiger partial charge in [0.25, 0.3) is 0 Å². The molecule has 0 aromatic heterocycles. The molecule has 0 saturated heterocycles. The molecular formula is C10H18ClN. The molecule has 0 aromatic carbocycles. The van der Waals surface area contributed by atoms with Crippen LogP contribution in [0, 0.1) is 5.92 Å². The lowest BCUT2D eigenvalue weighted by Crippen LogP contribution is -2.32. The predicted octanol–water partition coefficient (Wildman–Crippen LogP) is 2.51. The zero-order chi connectivity index (χ0) is 9.14. The van der Waals surface area contributed by atoms with E-state index < -0.39 is 0 Å². The molecule has 70 valence electrons. The maximum atomic E-state index is 5.67. The van der Waals surface area contributed by atoms with Gasteiger partial charge in [-0.05, 0) is 38.3 Å². The molecule has 0 aromatic rings. The van der Waals surface area contributed by atoms with Gasteiger partial charge >= 0.3 is 0 Å². The highest BCUT2D eigenvalue weighted by atomic mass is 35.5. The standard InChI is InChI=1S/C10H18ClN/c1-8(6-11)7-12(3)9(2)10-4-5-10/h9-10H,1,4-7H2,2-3H3. The second kappa shape index (κ2) is 4.29. The largest absolute Gasteiger partial charge is 0.299 e. The van der Waals surface area contributed by atoms with Crippen molar-refractivity contribution in [3.05, 3.63) is 12.2 Å². The zero-order valence-corrected chi connectivity index (χ0v) is 8.77. The second-order valence-electron chi connectivity index (χ2n) is 3.88. The Kier molecular flexibility index (Phi) is 3.60. The average Bonchev–Trinajstić information content (AvgIpc) is 2.85. The molecule has 0 spiro atoms. The number of nitrogens with zero attached hydrogens (tertiary/aromatic N) is 1. The maximum Gasteiger partial charge on any atom is 0.0443 e. The number of halogens is 1. The molecule has 0 heterocycles. The van der Waals surface area contributed by atoms with Crippen molar-refractivity contribution >= 4 is 11.6 Å². The molecule has 1 aliphatic rings. The number of alkyl halides is 1. The molecule has 1 rings (SSSR count). The fourth-order valence-corrected chi connectivity index (χ4v) is 1.56. The Hall–Kier alpha value is -0.0100. The van der Waals surface area contributed by atoms with Crippen molar-refractivity contribution in [2.24, 2.45) is 5.92 Å². The van der Waals surface area contributed by atoms with Crippen molar-refractivity contribution in [2.75, 3.05) is 19.5 Å². The molecule has 0 bridgehead atoms. The minimum Gasteiger partial charge on any atom is -0.299 e. The molecular weight excluding hydrogens is 170 g/mol. The van der Waals surface area contributed by atoms with Gasteiger partial charge in [0.15, 0.2) is 0 Å². The van der Waals surface area contributed by atoms with Gasteiger partial charge in [-0.2, -0.15) is 0 Å². The lowest BCUT2D eigenvalue weighted by molar-refractivity contribution is 0.253. The van der Waals surface area contributed by atoms with Crippen LogP contribution in [0.1, 0.15) is 19.8 Å². The molecule has 0 amide bonds. The number of rotatable bonds is 5. The van der Waals surface area contributed by atoms with Gasteiger partial charge < -0.3 is 0 Å². The van der Waals surface area contributed by atoms with Crippen molar-refractivity contribution in [3.8, 4) is 0 Å². The quantitative estimate of drug-likeness (QED) is 0.472. The van der Waals surface area contributed by atoms with Crippen LogP contribution in [0.5, 0.6) is 0 Å². The van der Waals surface area contributed by atoms with Crippen LogP contribution in [0.25, 0.3) is 0 Å². The first kappa shape index (κ1) is 10.1. The van der Waals surface area contributed by atoms with Crippen LogP contribution < -0.4 is 0 Å². The highest BCUT2D eigenvalue weighted by Gasteiger charge is 2.30. The summed E-state index contributed by atoms with van der Waals surface area (Å²) in [6.45, 7) is 7.14. The van der Waals surface area contributed by atoms with Gasteiger partial charge in [-0.1, -0.05) is 6.58 Å². The third-order valence-electron chi connectivity index (χ3n) is 2.66. The van der Waals surface area contributed by atoms with Gasteiger partial charge in [-0.25, -0.2) is 0 Å². The number of hydrogen-bond donors (Lipinski definition) is 0. The molecule has 12 heavy (non-hydrogen) atoms. The molecule has 1 saturated carbocycles. The van der Waals surface area contributed by atoms with Gasteiger partial charge in [-0.15, -0.1) is 11.6 Å². The van der Waals surface area contributed by atoms with Crippen LogP contribution in [0.15, 0.2) is 12.2 Å². The molecule has 0 N–H and O–H groups in total. The van der Waals surface area contributed by atoms with E-state index in [-0.39, 0.29) is 0 Å². The first-order valence-corrected chi connectivity index (χ1v) is 5.11. The molecule has 1 unspecified atom stereocenters. The average molecular weight is 188 g/mol. The molecule has 1 fully saturated rings. The first-order chi connectivity index (χ1) is 5.65. The summed E-state index contributed by atoms with van der Waals surface area (Å²) < 4.78 is 0. The van der Waals surface area contributed by atoms with Gasteiger partial charge in [0.2, 0.25) is 0 Å². The predicted molar refractivity (Wildman–Crippen MR) is 54.7 cm³/mol. The van der Waals surface area contributed by atoms with Crippen LogP contribution in [-0.2, 0) is 0 Å². The number of hydrogen-bond acceptors (Lipinski definition) is 1. The van der Waals surface area contributed by atoms with E-state index in [1.807, 2.05) is 0 Å². The van der Waals surface area contributed by atoms with E-state index >= 15 is 0 Å². The van der Waals surface area contributed by atoms with Crippen molar-refractivity contribution in [2.45, 2.75) is 25.8 Å². The Labute approximate surface area is 80.4 Å². The summed E-state index contributed by atoms with van der Waals surface area (Å²) in [5, 5.41) is 0. The van der Waals surface area contributed by atoms with E-state index in [9.17, 15) is 0 Å². The van der Waals surface area contributed by atoms with Crippen LogP contribution in [0.2, 0.25) is 0 Å². The molecule has 0 radical (unpaired) electrons. The molecule has 0 aliphatic heterocycles. The monoisotopic (exact) mass is 187 g/mol. The van der Waals surface area contributed by atoms with Gasteiger partial charge in [0.1, 0.15) is 0 Å². The summed E-state index contributed by atoms with van der Waals surface area (Å²) in [7, 11) is 2.15. The third-order valence-corrected chi connectivity index (χ3v) is 3.04. The van der Waals surface area contributed by atoms with E-state index in [1.165, 1.54) is 12.8 Å². The van der Waals surface area contributed by atoms with E-state index in [1.54, 1.807) is 0 Å². The summed E-state index contributed by atoms with van der Waals surface area (Å²) in [6.07, 6.45) is 2.80. The maximum absolute atomic E-state index is 5.67. The molecule has 1 nitrogen and oxygen atoms in total. The van der Waals surface area contributed by atoms with Crippen molar-refractivity contribution in [1.82, 2.24) is 4.90 Å². The minimum absolute atomic E-state index is 0.585. The second-order valence-corrected chi connectivity index (χ2v) is 4.14. The van der Waals surface area contributed by atoms with Gasteiger partial charge in [-0.3, -0.25) is 4.90 Å². The Morgan fingerprint density at radius 2 is 2.25 bits per heavy atom. The Balaban J connectivity index is 2.25. The van der Waals surface area contributed by atoms with Crippen molar-refractivity contribution < 1.29 is 0 Å². The summed E-state index contributed by atoms with van der Waals surface area (Å²) in [5.74, 6) is 1.51. The fraction of sp³-hybridized carbons (Fsp3) is 0.800. The summed E-state index contributed by atoms with van der Waals surface area (Å²) in [4.78, 5) is 2.35. The normalized spacial score (nSPS) is 19.7. The van der Waals surface area contributed by atoms with Gasteiger partial charge in [0, 0.05) is 18.5 Å². The van der Waals surface area contributed by atoms with Crippen LogP contribution in [-0.4, -0.2) is 30.4 Å². The van der Waals surface area contributed by atoms with E-state index in [2.05, 4.69) is 25.5 Å². The van der Waals surface area contributed by atoms with E-state index in [0.29, 0.717) is 11.9 Å². The summed E-state index contributed by atoms with van der Waals surface area (Å²) in [5.41, 5.74) is 1.12.